The number of rotatable bonds is 13. The van der Waals surface area contributed by atoms with Crippen molar-refractivity contribution in [3.05, 3.63) is 6.33 Å². The van der Waals surface area contributed by atoms with Crippen molar-refractivity contribution in [2.24, 2.45) is 0 Å². The fourth-order valence-corrected chi connectivity index (χ4v) is 8.19. The molecule has 2 fully saturated rings. The highest BCUT2D eigenvalue weighted by Crippen LogP contribution is 2.57. The molecule has 2 aliphatic rings. The molecule has 0 radical (unpaired) electrons. The largest absolute Gasteiger partial charge is 0.476 e. The number of hydrogen-bond donors (Lipinski definition) is 5. The third-order valence-corrected chi connectivity index (χ3v) is 10.5. The van der Waals surface area contributed by atoms with E-state index in [1.165, 1.54) is 17.8 Å². The Labute approximate surface area is 249 Å². The Bertz CT molecular complexity index is 1430. The van der Waals surface area contributed by atoms with E-state index in [9.17, 15) is 24.1 Å². The van der Waals surface area contributed by atoms with E-state index in [0.29, 0.717) is 11.4 Å². The Hall–Kier alpha value is -3.09. The number of anilines is 1. The lowest BCUT2D eigenvalue weighted by atomic mass is 9.98. The molecule has 0 aliphatic carbocycles. The van der Waals surface area contributed by atoms with E-state index in [1.807, 2.05) is 0 Å². The third kappa shape index (κ3) is 7.18. The van der Waals surface area contributed by atoms with Crippen LogP contribution in [-0.2, 0) is 28.2 Å². The number of amides is 3. The van der Waals surface area contributed by atoms with Crippen LogP contribution in [-0.4, -0.2) is 97.6 Å². The summed E-state index contributed by atoms with van der Waals surface area (Å²) in [6.45, 7) is 3.10. The van der Waals surface area contributed by atoms with Crippen LogP contribution in [0.4, 0.5) is 15.1 Å². The standard InChI is InChI=1S/C23H34FN8O9PS/c1-6-38-18-14-16(28-21(25)30-18)32(9-26-14)20-23(5,24)15(33)13(41-20)7-39-42(37,31-11(4)19(35)40-10(2)3)43-8-12-17(34)29-22(36)27-12/h9-13,15,20,33H,6-8H2,1-5H3,(H,31,37)(H2,25,28,30)(H2,27,29,34,36)/t11-,12?,13?,15-,20?,23-,42+/m1/s1. The maximum absolute atomic E-state index is 16.0. The molecule has 0 saturated carbocycles. The van der Waals surface area contributed by atoms with Crippen molar-refractivity contribution in [1.82, 2.24) is 35.2 Å². The van der Waals surface area contributed by atoms with Gasteiger partial charge in [-0.2, -0.15) is 9.97 Å². The zero-order valence-corrected chi connectivity index (χ0v) is 25.7. The molecule has 0 aromatic carbocycles. The van der Waals surface area contributed by atoms with E-state index in [1.54, 1.807) is 20.8 Å². The highest BCUT2D eigenvalue weighted by molar-refractivity contribution is 8.56. The molecule has 0 bridgehead atoms. The summed E-state index contributed by atoms with van der Waals surface area (Å²) < 4.78 is 53.3. The smallest absolute Gasteiger partial charge is 0.327 e. The van der Waals surface area contributed by atoms with Crippen molar-refractivity contribution >= 4 is 53.1 Å². The second-order valence-corrected chi connectivity index (χ2v) is 14.5. The Kier molecular flexibility index (Phi) is 9.82. The number of carbonyl (C=O) groups excluding carboxylic acids is 3. The normalized spacial score (nSPS) is 27.6. The molecule has 2 aromatic heterocycles. The first kappa shape index (κ1) is 32.8. The van der Waals surface area contributed by atoms with Gasteiger partial charge in [-0.3, -0.25) is 24.0 Å². The Morgan fingerprint density at radius 1 is 1.37 bits per heavy atom. The number of nitrogens with one attached hydrogen (secondary N) is 3. The van der Waals surface area contributed by atoms with Crippen molar-refractivity contribution in [3.63, 3.8) is 0 Å². The first-order valence-electron chi connectivity index (χ1n) is 13.3. The topological polar surface area (TPSA) is 231 Å². The van der Waals surface area contributed by atoms with Crippen molar-refractivity contribution in [1.29, 1.82) is 0 Å². The van der Waals surface area contributed by atoms with Crippen LogP contribution in [0, 0.1) is 0 Å². The van der Waals surface area contributed by atoms with Gasteiger partial charge < -0.3 is 34.9 Å². The number of aromatic nitrogens is 4. The lowest BCUT2D eigenvalue weighted by molar-refractivity contribution is -0.149. The molecule has 7 atom stereocenters. The van der Waals surface area contributed by atoms with Gasteiger partial charge in [0.25, 0.3) is 5.91 Å². The summed E-state index contributed by atoms with van der Waals surface area (Å²) >= 11 is 0.632. The summed E-state index contributed by atoms with van der Waals surface area (Å²) in [5, 5.41) is 17.9. The van der Waals surface area contributed by atoms with E-state index in [2.05, 4.69) is 30.7 Å². The van der Waals surface area contributed by atoms with Gasteiger partial charge in [-0.15, -0.1) is 0 Å². The van der Waals surface area contributed by atoms with Crippen molar-refractivity contribution in [2.75, 3.05) is 24.7 Å². The van der Waals surface area contributed by atoms with E-state index >= 15 is 4.39 Å². The molecule has 43 heavy (non-hydrogen) atoms. The number of imide groups is 1. The molecule has 3 unspecified atom stereocenters. The summed E-state index contributed by atoms with van der Waals surface area (Å²) in [4.78, 5) is 48.2. The van der Waals surface area contributed by atoms with E-state index in [0.717, 1.165) is 6.92 Å². The van der Waals surface area contributed by atoms with Crippen LogP contribution in [0.5, 0.6) is 5.88 Å². The summed E-state index contributed by atoms with van der Waals surface area (Å²) in [7, 11) is 0. The number of hydrogen-bond acceptors (Lipinski definition) is 14. The van der Waals surface area contributed by atoms with Crippen LogP contribution >= 0.6 is 18.1 Å². The molecule has 4 heterocycles. The van der Waals surface area contributed by atoms with Gasteiger partial charge in [0.05, 0.1) is 25.6 Å². The number of aliphatic hydroxyl groups excluding tert-OH is 1. The number of fused-ring (bicyclic) bond motifs is 1. The van der Waals surface area contributed by atoms with Crippen molar-refractivity contribution < 1.29 is 47.2 Å². The summed E-state index contributed by atoms with van der Waals surface area (Å²) in [6, 6.07) is -2.86. The predicted molar refractivity (Wildman–Crippen MR) is 151 cm³/mol. The average molecular weight is 649 g/mol. The van der Waals surface area contributed by atoms with Gasteiger partial charge in [0.15, 0.2) is 23.1 Å². The molecule has 17 nitrogen and oxygen atoms in total. The van der Waals surface area contributed by atoms with E-state index in [4.69, 9.17) is 24.5 Å². The van der Waals surface area contributed by atoms with Crippen LogP contribution in [0.15, 0.2) is 6.33 Å². The van der Waals surface area contributed by atoms with Gasteiger partial charge in [-0.25, -0.2) is 19.3 Å². The number of nitrogen functional groups attached to an aromatic ring is 1. The predicted octanol–water partition coefficient (Wildman–Crippen LogP) is 0.789. The van der Waals surface area contributed by atoms with Gasteiger partial charge >= 0.3 is 18.7 Å². The molecule has 4 rings (SSSR count). The molecular weight excluding hydrogens is 614 g/mol. The third-order valence-electron chi connectivity index (χ3n) is 6.39. The van der Waals surface area contributed by atoms with Crippen LogP contribution in [0.3, 0.4) is 0 Å². The van der Waals surface area contributed by atoms with E-state index in [-0.39, 0.29) is 35.4 Å². The number of aliphatic hydroxyl groups is 1. The second-order valence-electron chi connectivity index (χ2n) is 10.2. The number of nitrogens with two attached hydrogens (primary N) is 1. The lowest BCUT2D eigenvalue weighted by Gasteiger charge is -2.25. The minimum Gasteiger partial charge on any atom is -0.476 e. The zero-order chi connectivity index (χ0) is 31.7. The van der Waals surface area contributed by atoms with Crippen molar-refractivity contribution in [2.45, 2.75) is 76.9 Å². The van der Waals surface area contributed by atoms with Gasteiger partial charge in [0, 0.05) is 5.75 Å². The SMILES string of the molecule is CCOc1nc(N)nc2c1ncn2C1OC(CO[P@@](=O)(N[C@H](C)C(=O)OC(C)C)SCC2NC(=O)NC2=O)[C@@H](O)[C@@]1(C)F. The van der Waals surface area contributed by atoms with Crippen LogP contribution in [0.2, 0.25) is 0 Å². The monoisotopic (exact) mass is 648 g/mol. The maximum atomic E-state index is 16.0. The molecule has 3 amide bonds. The highest BCUT2D eigenvalue weighted by atomic mass is 32.7. The first-order valence-corrected chi connectivity index (χ1v) is 16.5. The van der Waals surface area contributed by atoms with Gasteiger partial charge in [-0.1, -0.05) is 11.4 Å². The molecule has 2 aromatic rings. The zero-order valence-electron chi connectivity index (χ0n) is 24.0. The number of carbonyl (C=O) groups is 3. The van der Waals surface area contributed by atoms with Crippen LogP contribution in [0.1, 0.15) is 40.8 Å². The Morgan fingerprint density at radius 3 is 2.72 bits per heavy atom. The fraction of sp³-hybridized carbons (Fsp3) is 0.652. The number of ether oxygens (including phenoxy) is 3. The number of halogens is 1. The molecular formula is C23H34FN8O9PS. The van der Waals surface area contributed by atoms with Gasteiger partial charge in [0.2, 0.25) is 11.8 Å². The quantitative estimate of drug-likeness (QED) is 0.115. The second kappa shape index (κ2) is 12.9. The van der Waals surface area contributed by atoms with Gasteiger partial charge in [-0.05, 0) is 34.6 Å². The summed E-state index contributed by atoms with van der Waals surface area (Å²) in [5.41, 5.74) is 3.68. The Balaban J connectivity index is 1.53. The molecule has 6 N–H and O–H groups in total. The number of alkyl halides is 1. The minimum atomic E-state index is -4.08. The summed E-state index contributed by atoms with van der Waals surface area (Å²) in [6.07, 6.45) is -3.81. The highest BCUT2D eigenvalue weighted by Gasteiger charge is 2.56. The van der Waals surface area contributed by atoms with Crippen LogP contribution in [0.25, 0.3) is 11.2 Å². The number of esters is 1. The van der Waals surface area contributed by atoms with Crippen LogP contribution < -0.4 is 26.2 Å². The molecule has 238 valence electrons. The molecule has 20 heteroatoms. The van der Waals surface area contributed by atoms with Crippen molar-refractivity contribution in [3.8, 4) is 5.88 Å². The Morgan fingerprint density at radius 2 is 2.09 bits per heavy atom. The number of urea groups is 1. The molecule has 0 spiro atoms. The van der Waals surface area contributed by atoms with Gasteiger partial charge in [0.1, 0.15) is 24.3 Å². The number of nitrogens with zero attached hydrogens (tertiary/aromatic N) is 4. The van der Waals surface area contributed by atoms with E-state index < -0.39 is 73.5 Å². The first-order chi connectivity index (χ1) is 20.1. The lowest BCUT2D eigenvalue weighted by Crippen LogP contribution is -2.41. The minimum absolute atomic E-state index is 0.0871. The fourth-order valence-electron chi connectivity index (χ4n) is 4.32. The summed E-state index contributed by atoms with van der Waals surface area (Å²) in [5.74, 6) is -1.62. The molecule has 2 aliphatic heterocycles. The maximum Gasteiger partial charge on any atom is 0.327 e. The average Bonchev–Trinajstić information content (AvgIpc) is 3.54. The number of imidazole rings is 1. The molecule has 2 saturated heterocycles.